The van der Waals surface area contributed by atoms with Crippen LogP contribution in [0.15, 0.2) is 35.1 Å². The number of aromatic nitrogens is 1. The van der Waals surface area contributed by atoms with Gasteiger partial charge in [-0.25, -0.2) is 14.6 Å². The minimum Gasteiger partial charge on any atom is -0.481 e. The zero-order chi connectivity index (χ0) is 15.2. The molecule has 0 radical (unpaired) electrons. The van der Waals surface area contributed by atoms with Crippen LogP contribution in [0.4, 0.5) is 0 Å². The summed E-state index contributed by atoms with van der Waals surface area (Å²) in [5, 5.41) is 0. The molecule has 21 heavy (non-hydrogen) atoms. The number of esters is 2. The van der Waals surface area contributed by atoms with E-state index < -0.39 is 11.9 Å². The Morgan fingerprint density at radius 3 is 2.62 bits per heavy atom. The Hall–Kier alpha value is -2.83. The number of hydrogen-bond acceptors (Lipinski definition) is 7. The first-order chi connectivity index (χ1) is 10.2. The number of nitrogens with zero attached hydrogens (tertiary/aromatic N) is 1. The first-order valence-electron chi connectivity index (χ1n) is 5.97. The Morgan fingerprint density at radius 1 is 1.19 bits per heavy atom. The van der Waals surface area contributed by atoms with Gasteiger partial charge in [0.05, 0.1) is 26.0 Å². The third-order valence-corrected chi connectivity index (χ3v) is 2.67. The van der Waals surface area contributed by atoms with Crippen LogP contribution < -0.4 is 4.74 Å². The van der Waals surface area contributed by atoms with Crippen LogP contribution in [0.2, 0.25) is 0 Å². The number of rotatable bonds is 5. The third-order valence-electron chi connectivity index (χ3n) is 2.67. The van der Waals surface area contributed by atoms with Crippen molar-refractivity contribution in [2.24, 2.45) is 0 Å². The second-order valence-corrected chi connectivity index (χ2v) is 3.91. The van der Waals surface area contributed by atoms with Gasteiger partial charge in [-0.3, -0.25) is 0 Å². The number of ether oxygens (including phenoxy) is 3. The summed E-state index contributed by atoms with van der Waals surface area (Å²) < 4.78 is 19.6. The summed E-state index contributed by atoms with van der Waals surface area (Å²) in [6.45, 7) is -0.178. The van der Waals surface area contributed by atoms with Crippen LogP contribution in [0.3, 0.4) is 0 Å². The van der Waals surface area contributed by atoms with Crippen molar-refractivity contribution in [1.82, 2.24) is 4.98 Å². The maximum atomic E-state index is 11.8. The lowest BCUT2D eigenvalue weighted by molar-refractivity contribution is 0.0431. The Bertz CT molecular complexity index is 631. The van der Waals surface area contributed by atoms with Crippen molar-refractivity contribution in [3.05, 3.63) is 47.5 Å². The molecule has 2 aromatic rings. The maximum Gasteiger partial charge on any atom is 0.341 e. The van der Waals surface area contributed by atoms with Crippen LogP contribution in [0.5, 0.6) is 5.88 Å². The molecule has 0 spiro atoms. The van der Waals surface area contributed by atoms with Crippen molar-refractivity contribution >= 4 is 11.9 Å². The topological polar surface area (TPSA) is 87.9 Å². The average molecular weight is 291 g/mol. The monoisotopic (exact) mass is 291 g/mol. The number of carbonyl (C=O) groups is 2. The summed E-state index contributed by atoms with van der Waals surface area (Å²) in [6.07, 6.45) is 2.66. The third kappa shape index (κ3) is 3.38. The van der Waals surface area contributed by atoms with Crippen LogP contribution in [0.25, 0.3) is 0 Å². The van der Waals surface area contributed by atoms with Gasteiger partial charge in [-0.1, -0.05) is 0 Å². The van der Waals surface area contributed by atoms with Gasteiger partial charge < -0.3 is 18.6 Å². The summed E-state index contributed by atoms with van der Waals surface area (Å²) >= 11 is 0. The molecule has 7 heteroatoms. The van der Waals surface area contributed by atoms with Gasteiger partial charge in [0, 0.05) is 12.3 Å². The van der Waals surface area contributed by atoms with E-state index in [1.807, 2.05) is 0 Å². The first-order valence-corrected chi connectivity index (χ1v) is 5.97. The molecule has 2 rings (SSSR count). The second-order valence-electron chi connectivity index (χ2n) is 3.91. The van der Waals surface area contributed by atoms with Crippen LogP contribution in [-0.2, 0) is 16.1 Å². The zero-order valence-corrected chi connectivity index (χ0v) is 11.5. The van der Waals surface area contributed by atoms with E-state index in [0.717, 1.165) is 0 Å². The molecular formula is C14H13NO6. The molecular weight excluding hydrogens is 278 g/mol. The van der Waals surface area contributed by atoms with E-state index in [0.29, 0.717) is 5.88 Å². The molecule has 0 aromatic carbocycles. The second kappa shape index (κ2) is 6.56. The molecule has 0 bridgehead atoms. The highest BCUT2D eigenvalue weighted by Crippen LogP contribution is 2.14. The van der Waals surface area contributed by atoms with Gasteiger partial charge in [-0.05, 0) is 12.1 Å². The van der Waals surface area contributed by atoms with E-state index in [9.17, 15) is 9.59 Å². The first kappa shape index (κ1) is 14.6. The van der Waals surface area contributed by atoms with Gasteiger partial charge in [0.2, 0.25) is 5.88 Å². The van der Waals surface area contributed by atoms with E-state index in [1.165, 1.54) is 38.8 Å². The lowest BCUT2D eigenvalue weighted by Gasteiger charge is -2.05. The fraction of sp³-hybridized carbons (Fsp3) is 0.214. The smallest absolute Gasteiger partial charge is 0.341 e. The number of pyridine rings is 1. The van der Waals surface area contributed by atoms with Gasteiger partial charge in [-0.15, -0.1) is 0 Å². The highest BCUT2D eigenvalue weighted by molar-refractivity contribution is 5.91. The van der Waals surface area contributed by atoms with Crippen molar-refractivity contribution in [3.63, 3.8) is 0 Å². The maximum absolute atomic E-state index is 11.8. The van der Waals surface area contributed by atoms with Gasteiger partial charge in [-0.2, -0.15) is 0 Å². The Balaban J connectivity index is 2.00. The molecule has 0 amide bonds. The zero-order valence-electron chi connectivity index (χ0n) is 11.5. The summed E-state index contributed by atoms with van der Waals surface area (Å²) in [7, 11) is 2.74. The number of furan rings is 1. The van der Waals surface area contributed by atoms with Crippen LogP contribution >= 0.6 is 0 Å². The molecule has 2 aromatic heterocycles. The van der Waals surface area contributed by atoms with Crippen LogP contribution in [0, 0.1) is 0 Å². The molecule has 0 N–H and O–H groups in total. The molecule has 0 aliphatic heterocycles. The molecule has 0 saturated carbocycles. The number of carbonyl (C=O) groups excluding carboxylic acids is 2. The Kier molecular flexibility index (Phi) is 4.55. The molecule has 2 heterocycles. The van der Waals surface area contributed by atoms with Crippen molar-refractivity contribution < 1.29 is 28.2 Å². The minimum atomic E-state index is -0.586. The van der Waals surface area contributed by atoms with E-state index in [1.54, 1.807) is 6.07 Å². The van der Waals surface area contributed by atoms with Gasteiger partial charge in [0.15, 0.2) is 12.4 Å². The normalized spacial score (nSPS) is 10.0. The van der Waals surface area contributed by atoms with Gasteiger partial charge >= 0.3 is 11.9 Å². The highest BCUT2D eigenvalue weighted by atomic mass is 16.5. The summed E-state index contributed by atoms with van der Waals surface area (Å²) in [6, 6.07) is 4.52. The van der Waals surface area contributed by atoms with E-state index in [2.05, 4.69) is 9.72 Å². The van der Waals surface area contributed by atoms with Crippen molar-refractivity contribution in [2.75, 3.05) is 14.2 Å². The molecule has 7 nitrogen and oxygen atoms in total. The van der Waals surface area contributed by atoms with E-state index in [-0.39, 0.29) is 23.5 Å². The average Bonchev–Trinajstić information content (AvgIpc) is 3.00. The predicted molar refractivity (Wildman–Crippen MR) is 70.0 cm³/mol. The number of hydrogen-bond donors (Lipinski definition) is 0. The molecule has 110 valence electrons. The van der Waals surface area contributed by atoms with E-state index in [4.69, 9.17) is 13.9 Å². The van der Waals surface area contributed by atoms with Crippen molar-refractivity contribution in [2.45, 2.75) is 6.61 Å². The lowest BCUT2D eigenvalue weighted by atomic mass is 10.2. The minimum absolute atomic E-state index is 0.178. The molecule has 0 fully saturated rings. The Labute approximate surface area is 120 Å². The SMILES string of the molecule is COC(=O)c1ccoc1COC(=O)c1ccc(OC)nc1. The van der Waals surface area contributed by atoms with Crippen LogP contribution in [-0.4, -0.2) is 31.1 Å². The quantitative estimate of drug-likeness (QED) is 0.776. The largest absolute Gasteiger partial charge is 0.481 e. The molecule has 0 saturated heterocycles. The molecule has 0 atom stereocenters. The molecule has 0 aliphatic carbocycles. The Morgan fingerprint density at radius 2 is 2.00 bits per heavy atom. The predicted octanol–water partition coefficient (Wildman–Crippen LogP) is 1.83. The van der Waals surface area contributed by atoms with Gasteiger partial charge in [0.1, 0.15) is 5.56 Å². The van der Waals surface area contributed by atoms with Gasteiger partial charge in [0.25, 0.3) is 0 Å². The van der Waals surface area contributed by atoms with Crippen LogP contribution in [0.1, 0.15) is 26.5 Å². The highest BCUT2D eigenvalue weighted by Gasteiger charge is 2.17. The lowest BCUT2D eigenvalue weighted by Crippen LogP contribution is -2.08. The fourth-order valence-corrected chi connectivity index (χ4v) is 1.58. The molecule has 0 aliphatic rings. The standard InChI is InChI=1S/C14H13NO6/c1-18-12-4-3-9(7-15-12)13(16)21-8-11-10(5-6-20-11)14(17)19-2/h3-7H,8H2,1-2H3. The number of methoxy groups -OCH3 is 2. The van der Waals surface area contributed by atoms with Crippen molar-refractivity contribution in [1.29, 1.82) is 0 Å². The molecule has 0 unspecified atom stereocenters. The summed E-state index contributed by atoms with van der Waals surface area (Å²) in [5.74, 6) is -0.527. The summed E-state index contributed by atoms with van der Waals surface area (Å²) in [5.41, 5.74) is 0.486. The fourth-order valence-electron chi connectivity index (χ4n) is 1.58. The van der Waals surface area contributed by atoms with E-state index >= 15 is 0 Å². The summed E-state index contributed by atoms with van der Waals surface area (Å²) in [4.78, 5) is 27.2. The van der Waals surface area contributed by atoms with Crippen molar-refractivity contribution in [3.8, 4) is 5.88 Å².